The Labute approximate surface area is 83.9 Å². The average Bonchev–Trinajstić information content (AvgIpc) is 2.26. The summed E-state index contributed by atoms with van der Waals surface area (Å²) in [4.78, 5) is 10.4. The fourth-order valence-electron chi connectivity index (χ4n) is 1.33. The standard InChI is InChI=1S/C12H15FO/c1-2-3-4-12(13)11-7-5-10(9-14)6-8-11/h5-9,12H,2-4H2,1H3. The van der Waals surface area contributed by atoms with Crippen molar-refractivity contribution in [1.29, 1.82) is 0 Å². The van der Waals surface area contributed by atoms with Gasteiger partial charge >= 0.3 is 0 Å². The minimum absolute atomic E-state index is 0.566. The number of carbonyl (C=O) groups is 1. The van der Waals surface area contributed by atoms with Crippen LogP contribution in [0.2, 0.25) is 0 Å². The highest BCUT2D eigenvalue weighted by atomic mass is 19.1. The van der Waals surface area contributed by atoms with Crippen molar-refractivity contribution in [1.82, 2.24) is 0 Å². The van der Waals surface area contributed by atoms with Crippen molar-refractivity contribution >= 4 is 6.29 Å². The minimum atomic E-state index is -0.893. The molecule has 1 nitrogen and oxygen atoms in total. The zero-order valence-corrected chi connectivity index (χ0v) is 8.37. The van der Waals surface area contributed by atoms with E-state index in [1.54, 1.807) is 24.3 Å². The summed E-state index contributed by atoms with van der Waals surface area (Å²) in [6, 6.07) is 6.68. The number of unbranched alkanes of at least 4 members (excludes halogenated alkanes) is 1. The van der Waals surface area contributed by atoms with E-state index < -0.39 is 6.17 Å². The second-order valence-electron chi connectivity index (χ2n) is 3.39. The van der Waals surface area contributed by atoms with Crippen LogP contribution in [-0.4, -0.2) is 6.29 Å². The predicted octanol–water partition coefficient (Wildman–Crippen LogP) is 3.70. The van der Waals surface area contributed by atoms with Crippen LogP contribution in [-0.2, 0) is 0 Å². The number of halogens is 1. The number of benzene rings is 1. The highest BCUT2D eigenvalue weighted by Gasteiger charge is 2.08. The maximum Gasteiger partial charge on any atom is 0.150 e. The molecule has 0 aliphatic rings. The van der Waals surface area contributed by atoms with Crippen LogP contribution in [0.3, 0.4) is 0 Å². The molecule has 0 saturated carbocycles. The Morgan fingerprint density at radius 2 is 2.00 bits per heavy atom. The lowest BCUT2D eigenvalue weighted by Gasteiger charge is -2.07. The minimum Gasteiger partial charge on any atom is -0.298 e. The molecular formula is C12H15FO. The van der Waals surface area contributed by atoms with Crippen molar-refractivity contribution in [3.63, 3.8) is 0 Å². The van der Waals surface area contributed by atoms with Gasteiger partial charge in [0.1, 0.15) is 12.5 Å². The van der Waals surface area contributed by atoms with Crippen molar-refractivity contribution in [2.45, 2.75) is 32.4 Å². The van der Waals surface area contributed by atoms with E-state index in [4.69, 9.17) is 0 Å². The van der Waals surface area contributed by atoms with Gasteiger partial charge in [0, 0.05) is 5.56 Å². The van der Waals surface area contributed by atoms with E-state index in [0.717, 1.165) is 19.1 Å². The maximum absolute atomic E-state index is 13.5. The summed E-state index contributed by atoms with van der Waals surface area (Å²) in [5.74, 6) is 0. The molecule has 0 aliphatic carbocycles. The number of alkyl halides is 1. The zero-order chi connectivity index (χ0) is 10.4. The molecule has 1 aromatic carbocycles. The van der Waals surface area contributed by atoms with Gasteiger partial charge in [-0.05, 0) is 12.0 Å². The van der Waals surface area contributed by atoms with Gasteiger partial charge in [0.05, 0.1) is 0 Å². The average molecular weight is 194 g/mol. The first-order valence-corrected chi connectivity index (χ1v) is 4.97. The normalized spacial score (nSPS) is 12.4. The molecule has 1 rings (SSSR count). The van der Waals surface area contributed by atoms with Crippen LogP contribution in [0.4, 0.5) is 4.39 Å². The number of rotatable bonds is 5. The van der Waals surface area contributed by atoms with Crippen molar-refractivity contribution in [3.8, 4) is 0 Å². The SMILES string of the molecule is CCCCC(F)c1ccc(C=O)cc1. The molecule has 0 amide bonds. The van der Waals surface area contributed by atoms with Crippen LogP contribution in [0.1, 0.15) is 48.3 Å². The molecule has 0 saturated heterocycles. The topological polar surface area (TPSA) is 17.1 Å². The molecule has 1 unspecified atom stereocenters. The van der Waals surface area contributed by atoms with Crippen LogP contribution in [0.25, 0.3) is 0 Å². The molecule has 14 heavy (non-hydrogen) atoms. The predicted molar refractivity (Wildman–Crippen MR) is 55.2 cm³/mol. The third kappa shape index (κ3) is 2.95. The largest absolute Gasteiger partial charge is 0.298 e. The van der Waals surface area contributed by atoms with E-state index in [1.807, 2.05) is 6.92 Å². The van der Waals surface area contributed by atoms with E-state index in [0.29, 0.717) is 17.5 Å². The molecule has 0 heterocycles. The highest BCUT2D eigenvalue weighted by molar-refractivity contribution is 5.74. The summed E-state index contributed by atoms with van der Waals surface area (Å²) in [6.45, 7) is 2.04. The smallest absolute Gasteiger partial charge is 0.150 e. The Morgan fingerprint density at radius 3 is 2.50 bits per heavy atom. The first kappa shape index (κ1) is 10.9. The van der Waals surface area contributed by atoms with Gasteiger partial charge in [-0.1, -0.05) is 44.0 Å². The first-order valence-electron chi connectivity index (χ1n) is 4.97. The van der Waals surface area contributed by atoms with Crippen LogP contribution >= 0.6 is 0 Å². The molecule has 0 radical (unpaired) electrons. The number of aldehydes is 1. The first-order chi connectivity index (χ1) is 6.77. The quantitative estimate of drug-likeness (QED) is 0.653. The van der Waals surface area contributed by atoms with Gasteiger partial charge in [-0.3, -0.25) is 4.79 Å². The zero-order valence-electron chi connectivity index (χ0n) is 8.37. The van der Waals surface area contributed by atoms with Crippen molar-refractivity contribution < 1.29 is 9.18 Å². The number of hydrogen-bond donors (Lipinski definition) is 0. The van der Waals surface area contributed by atoms with Crippen LogP contribution in [0, 0.1) is 0 Å². The molecule has 76 valence electrons. The van der Waals surface area contributed by atoms with Gasteiger partial charge < -0.3 is 0 Å². The van der Waals surface area contributed by atoms with E-state index in [2.05, 4.69) is 0 Å². The van der Waals surface area contributed by atoms with Gasteiger partial charge in [-0.2, -0.15) is 0 Å². The van der Waals surface area contributed by atoms with Gasteiger partial charge in [-0.15, -0.1) is 0 Å². The molecular weight excluding hydrogens is 179 g/mol. The van der Waals surface area contributed by atoms with Gasteiger partial charge in [0.25, 0.3) is 0 Å². The van der Waals surface area contributed by atoms with Crippen molar-refractivity contribution in [2.24, 2.45) is 0 Å². The van der Waals surface area contributed by atoms with E-state index in [9.17, 15) is 9.18 Å². The molecule has 0 N–H and O–H groups in total. The molecule has 0 spiro atoms. The Balaban J connectivity index is 2.61. The Kier molecular flexibility index (Phi) is 4.30. The molecule has 1 atom stereocenters. The fraction of sp³-hybridized carbons (Fsp3) is 0.417. The highest BCUT2D eigenvalue weighted by Crippen LogP contribution is 2.23. The van der Waals surface area contributed by atoms with Crippen LogP contribution in [0.15, 0.2) is 24.3 Å². The Bertz CT molecular complexity index is 279. The summed E-state index contributed by atoms with van der Waals surface area (Å²) >= 11 is 0. The number of hydrogen-bond acceptors (Lipinski definition) is 1. The second-order valence-corrected chi connectivity index (χ2v) is 3.39. The molecule has 0 aliphatic heterocycles. The van der Waals surface area contributed by atoms with Gasteiger partial charge in [-0.25, -0.2) is 4.39 Å². The fourth-order valence-corrected chi connectivity index (χ4v) is 1.33. The maximum atomic E-state index is 13.5. The molecule has 2 heteroatoms. The van der Waals surface area contributed by atoms with E-state index >= 15 is 0 Å². The summed E-state index contributed by atoms with van der Waals surface area (Å²) < 4.78 is 13.5. The number of carbonyl (C=O) groups excluding carboxylic acids is 1. The van der Waals surface area contributed by atoms with Crippen LogP contribution in [0.5, 0.6) is 0 Å². The van der Waals surface area contributed by atoms with Crippen LogP contribution < -0.4 is 0 Å². The monoisotopic (exact) mass is 194 g/mol. The van der Waals surface area contributed by atoms with Crippen molar-refractivity contribution in [3.05, 3.63) is 35.4 Å². The lowest BCUT2D eigenvalue weighted by atomic mass is 10.0. The molecule has 0 fully saturated rings. The third-order valence-corrected chi connectivity index (χ3v) is 2.25. The van der Waals surface area contributed by atoms with Crippen molar-refractivity contribution in [2.75, 3.05) is 0 Å². The molecule has 0 aromatic heterocycles. The van der Waals surface area contributed by atoms with Gasteiger partial charge in [0.2, 0.25) is 0 Å². The molecule has 0 bridgehead atoms. The Hall–Kier alpha value is -1.18. The Morgan fingerprint density at radius 1 is 1.36 bits per heavy atom. The summed E-state index contributed by atoms with van der Waals surface area (Å²) in [7, 11) is 0. The summed E-state index contributed by atoms with van der Waals surface area (Å²) in [6.07, 6.45) is 2.35. The van der Waals surface area contributed by atoms with Gasteiger partial charge in [0.15, 0.2) is 0 Å². The second kappa shape index (κ2) is 5.53. The lowest BCUT2D eigenvalue weighted by molar-refractivity contribution is 0.112. The third-order valence-electron chi connectivity index (χ3n) is 2.25. The molecule has 1 aromatic rings. The summed E-state index contributed by atoms with van der Waals surface area (Å²) in [5, 5.41) is 0. The summed E-state index contributed by atoms with van der Waals surface area (Å²) in [5.41, 5.74) is 1.26. The lowest BCUT2D eigenvalue weighted by Crippen LogP contribution is -1.92. The van der Waals surface area contributed by atoms with E-state index in [-0.39, 0.29) is 0 Å². The van der Waals surface area contributed by atoms with E-state index in [1.165, 1.54) is 0 Å².